The third-order valence-electron chi connectivity index (χ3n) is 2.70. The minimum atomic E-state index is -0.760. The van der Waals surface area contributed by atoms with Crippen molar-refractivity contribution in [3.05, 3.63) is 62.4 Å². The highest BCUT2D eigenvalue weighted by Crippen LogP contribution is 2.33. The van der Waals surface area contributed by atoms with E-state index in [9.17, 15) is 19.3 Å². The average molecular weight is 375 g/mol. The quantitative estimate of drug-likeness (QED) is 0.464. The molecule has 1 N–H and O–H groups in total. The van der Waals surface area contributed by atoms with Crippen LogP contribution in [0.15, 0.2) is 41.3 Å². The van der Waals surface area contributed by atoms with Crippen LogP contribution >= 0.6 is 35.0 Å². The van der Waals surface area contributed by atoms with Crippen molar-refractivity contribution in [1.82, 2.24) is 0 Å². The number of carbonyl (C=O) groups is 1. The summed E-state index contributed by atoms with van der Waals surface area (Å²) in [6.07, 6.45) is 0. The normalized spacial score (nSPS) is 10.4. The van der Waals surface area contributed by atoms with Crippen molar-refractivity contribution in [2.75, 3.05) is 11.1 Å². The van der Waals surface area contributed by atoms with Crippen LogP contribution in [0.4, 0.5) is 15.8 Å². The van der Waals surface area contributed by atoms with Crippen LogP contribution in [0, 0.1) is 15.9 Å². The van der Waals surface area contributed by atoms with Crippen molar-refractivity contribution in [1.29, 1.82) is 0 Å². The van der Waals surface area contributed by atoms with Crippen molar-refractivity contribution >= 4 is 52.2 Å². The van der Waals surface area contributed by atoms with Crippen LogP contribution in [0.2, 0.25) is 10.0 Å². The molecule has 0 saturated heterocycles. The van der Waals surface area contributed by atoms with E-state index in [1.807, 2.05) is 0 Å². The number of halogens is 3. The number of hydrogen-bond acceptors (Lipinski definition) is 4. The average Bonchev–Trinajstić information content (AvgIpc) is 2.48. The first-order chi connectivity index (χ1) is 10.9. The summed E-state index contributed by atoms with van der Waals surface area (Å²) in [7, 11) is 0. The molecule has 23 heavy (non-hydrogen) atoms. The molecule has 0 aliphatic rings. The first-order valence-electron chi connectivity index (χ1n) is 6.19. The molecule has 0 spiro atoms. The maximum atomic E-state index is 13.6. The number of hydrogen-bond donors (Lipinski definition) is 1. The Balaban J connectivity index is 2.06. The van der Waals surface area contributed by atoms with Gasteiger partial charge in [0.2, 0.25) is 5.91 Å². The molecule has 2 rings (SSSR count). The van der Waals surface area contributed by atoms with Crippen LogP contribution < -0.4 is 5.32 Å². The molecule has 0 aliphatic heterocycles. The lowest BCUT2D eigenvalue weighted by atomic mass is 10.2. The number of thioether (sulfide) groups is 1. The predicted octanol–water partition coefficient (Wildman–Crippen LogP) is 4.77. The Morgan fingerprint density at radius 2 is 1.91 bits per heavy atom. The smallest absolute Gasteiger partial charge is 0.271 e. The molecule has 0 aliphatic carbocycles. The lowest BCUT2D eigenvalue weighted by molar-refractivity contribution is -0.384. The number of nitrogens with one attached hydrogen (secondary N) is 1. The number of amides is 1. The highest BCUT2D eigenvalue weighted by Gasteiger charge is 2.14. The summed E-state index contributed by atoms with van der Waals surface area (Å²) < 4.78 is 13.6. The topological polar surface area (TPSA) is 72.2 Å². The van der Waals surface area contributed by atoms with Crippen molar-refractivity contribution in [2.45, 2.75) is 4.90 Å². The molecule has 5 nitrogen and oxygen atoms in total. The number of nitrogens with zero attached hydrogens (tertiary/aromatic N) is 1. The van der Waals surface area contributed by atoms with Crippen LogP contribution in [0.5, 0.6) is 0 Å². The highest BCUT2D eigenvalue weighted by molar-refractivity contribution is 8.00. The molecule has 0 atom stereocenters. The summed E-state index contributed by atoms with van der Waals surface area (Å²) in [5, 5.41) is 13.8. The van der Waals surface area contributed by atoms with Gasteiger partial charge in [-0.2, -0.15) is 0 Å². The lowest BCUT2D eigenvalue weighted by Gasteiger charge is -2.08. The Labute approximate surface area is 144 Å². The molecular formula is C14H9Cl2FN2O3S. The van der Waals surface area contributed by atoms with E-state index in [1.54, 1.807) is 18.2 Å². The van der Waals surface area contributed by atoms with E-state index < -0.39 is 16.6 Å². The first kappa shape index (κ1) is 17.5. The standard InChI is InChI=1S/C14H9Cl2FN2O3S/c15-9-2-1-3-10(16)14(9)23-7-13(20)18-12-6-8(19(21)22)4-5-11(12)17/h1-6H,7H2,(H,18,20). The number of benzene rings is 2. The largest absolute Gasteiger partial charge is 0.323 e. The van der Waals surface area contributed by atoms with E-state index in [4.69, 9.17) is 23.2 Å². The van der Waals surface area contributed by atoms with E-state index >= 15 is 0 Å². The molecule has 9 heteroatoms. The monoisotopic (exact) mass is 374 g/mol. The second kappa shape index (κ2) is 7.63. The van der Waals surface area contributed by atoms with Crippen LogP contribution in [-0.4, -0.2) is 16.6 Å². The summed E-state index contributed by atoms with van der Waals surface area (Å²) in [4.78, 5) is 22.4. The summed E-state index contributed by atoms with van der Waals surface area (Å²) >= 11 is 13.0. The Bertz CT molecular complexity index is 753. The zero-order valence-corrected chi connectivity index (χ0v) is 13.7. The van der Waals surface area contributed by atoms with Gasteiger partial charge >= 0.3 is 0 Å². The summed E-state index contributed by atoms with van der Waals surface area (Å²) in [5.41, 5.74) is -0.571. The zero-order valence-electron chi connectivity index (χ0n) is 11.4. The van der Waals surface area contributed by atoms with Gasteiger partial charge in [-0.05, 0) is 18.2 Å². The highest BCUT2D eigenvalue weighted by atomic mass is 35.5. The molecular weight excluding hydrogens is 366 g/mol. The van der Waals surface area contributed by atoms with Gasteiger partial charge in [0.25, 0.3) is 5.69 Å². The third-order valence-corrected chi connectivity index (χ3v) is 4.69. The van der Waals surface area contributed by atoms with E-state index in [2.05, 4.69) is 5.32 Å². The van der Waals surface area contributed by atoms with Crippen LogP contribution in [0.1, 0.15) is 0 Å². The van der Waals surface area contributed by atoms with Crippen LogP contribution in [-0.2, 0) is 4.79 Å². The van der Waals surface area contributed by atoms with Crippen LogP contribution in [0.25, 0.3) is 0 Å². The minimum absolute atomic E-state index is 0.0778. The lowest BCUT2D eigenvalue weighted by Crippen LogP contribution is -2.15. The summed E-state index contributed by atoms with van der Waals surface area (Å²) in [6.45, 7) is 0. The van der Waals surface area contributed by atoms with Gasteiger partial charge in [-0.25, -0.2) is 4.39 Å². The van der Waals surface area contributed by atoms with Gasteiger partial charge in [0.15, 0.2) is 0 Å². The van der Waals surface area contributed by atoms with Gasteiger partial charge in [-0.3, -0.25) is 14.9 Å². The molecule has 0 fully saturated rings. The predicted molar refractivity (Wildman–Crippen MR) is 88.9 cm³/mol. The Kier molecular flexibility index (Phi) is 5.81. The summed E-state index contributed by atoms with van der Waals surface area (Å²) in [6, 6.07) is 7.84. The molecule has 1 amide bonds. The van der Waals surface area contributed by atoms with E-state index in [-0.39, 0.29) is 17.1 Å². The van der Waals surface area contributed by atoms with Gasteiger partial charge in [0, 0.05) is 17.0 Å². The number of rotatable bonds is 5. The summed E-state index contributed by atoms with van der Waals surface area (Å²) in [5.74, 6) is -1.37. The van der Waals surface area contributed by atoms with E-state index in [0.29, 0.717) is 14.9 Å². The Hall–Kier alpha value is -1.83. The molecule has 0 radical (unpaired) electrons. The van der Waals surface area contributed by atoms with Gasteiger partial charge in [0.1, 0.15) is 5.82 Å². The SMILES string of the molecule is O=C(CSc1c(Cl)cccc1Cl)Nc1cc([N+](=O)[O-])ccc1F. The second-order valence-corrected chi connectivity index (χ2v) is 6.11. The van der Waals surface area contributed by atoms with E-state index in [0.717, 1.165) is 30.0 Å². The molecule has 0 aromatic heterocycles. The fourth-order valence-electron chi connectivity index (χ4n) is 1.67. The van der Waals surface area contributed by atoms with Gasteiger partial charge in [0.05, 0.1) is 26.4 Å². The molecule has 2 aromatic rings. The third kappa shape index (κ3) is 4.57. The molecule has 0 bridgehead atoms. The number of anilines is 1. The van der Waals surface area contributed by atoms with Gasteiger partial charge in [-0.1, -0.05) is 29.3 Å². The zero-order chi connectivity index (χ0) is 17.0. The number of carbonyl (C=O) groups excluding carboxylic acids is 1. The molecule has 0 unspecified atom stereocenters. The minimum Gasteiger partial charge on any atom is -0.323 e. The fourth-order valence-corrected chi connectivity index (χ4v) is 3.15. The number of non-ortho nitro benzene ring substituents is 1. The molecule has 0 saturated carbocycles. The number of nitro benzene ring substituents is 1. The second-order valence-electron chi connectivity index (χ2n) is 4.31. The number of nitro groups is 1. The first-order valence-corrected chi connectivity index (χ1v) is 7.93. The maximum Gasteiger partial charge on any atom is 0.271 e. The van der Waals surface area contributed by atoms with Crippen LogP contribution in [0.3, 0.4) is 0 Å². The van der Waals surface area contributed by atoms with Gasteiger partial charge < -0.3 is 5.32 Å². The van der Waals surface area contributed by atoms with Crippen molar-refractivity contribution in [3.8, 4) is 0 Å². The maximum absolute atomic E-state index is 13.6. The molecule has 120 valence electrons. The Morgan fingerprint density at radius 3 is 2.52 bits per heavy atom. The van der Waals surface area contributed by atoms with Crippen molar-refractivity contribution in [3.63, 3.8) is 0 Å². The van der Waals surface area contributed by atoms with Crippen molar-refractivity contribution in [2.24, 2.45) is 0 Å². The molecule has 0 heterocycles. The van der Waals surface area contributed by atoms with E-state index in [1.165, 1.54) is 0 Å². The fraction of sp³-hybridized carbons (Fsp3) is 0.0714. The van der Waals surface area contributed by atoms with Gasteiger partial charge in [-0.15, -0.1) is 11.8 Å². The Morgan fingerprint density at radius 1 is 1.26 bits per heavy atom. The molecule has 2 aromatic carbocycles. The van der Waals surface area contributed by atoms with Crippen molar-refractivity contribution < 1.29 is 14.1 Å².